The van der Waals surface area contributed by atoms with Gasteiger partial charge in [-0.2, -0.15) is 4.31 Å². The zero-order valence-electron chi connectivity index (χ0n) is 14.2. The smallest absolute Gasteiger partial charge is 0.241 e. The first-order valence-corrected chi connectivity index (χ1v) is 9.62. The van der Waals surface area contributed by atoms with E-state index in [1.165, 1.54) is 18.2 Å². The van der Waals surface area contributed by atoms with E-state index < -0.39 is 15.3 Å². The van der Waals surface area contributed by atoms with Gasteiger partial charge in [0.15, 0.2) is 5.25 Å². The van der Waals surface area contributed by atoms with Gasteiger partial charge < -0.3 is 9.80 Å². The molecule has 128 valence electrons. The average molecular weight is 331 g/mol. The molecule has 1 atom stereocenters. The molecule has 0 N–H and O–H groups in total. The fourth-order valence-electron chi connectivity index (χ4n) is 3.86. The van der Waals surface area contributed by atoms with Crippen molar-refractivity contribution in [3.63, 3.8) is 0 Å². The molecule has 0 aromatic rings. The van der Waals surface area contributed by atoms with Crippen molar-refractivity contribution in [2.24, 2.45) is 0 Å². The molecular formula is C15H29N3O3S. The van der Waals surface area contributed by atoms with Crippen molar-refractivity contribution in [1.29, 1.82) is 0 Å². The molecule has 1 saturated carbocycles. The summed E-state index contributed by atoms with van der Waals surface area (Å²) in [6.07, 6.45) is 5.11. The van der Waals surface area contributed by atoms with Crippen LogP contribution >= 0.6 is 0 Å². The van der Waals surface area contributed by atoms with E-state index in [4.69, 9.17) is 0 Å². The van der Waals surface area contributed by atoms with E-state index in [2.05, 4.69) is 11.9 Å². The van der Waals surface area contributed by atoms with Crippen molar-refractivity contribution in [3.05, 3.63) is 0 Å². The van der Waals surface area contributed by atoms with Crippen molar-refractivity contribution in [2.45, 2.75) is 49.8 Å². The summed E-state index contributed by atoms with van der Waals surface area (Å²) in [5.74, 6) is -0.343. The summed E-state index contributed by atoms with van der Waals surface area (Å²) >= 11 is 0. The largest absolute Gasteiger partial charge is 0.348 e. The average Bonchev–Trinajstić information content (AvgIpc) is 2.45. The molecule has 1 amide bonds. The second kappa shape index (κ2) is 6.45. The molecule has 6 nitrogen and oxygen atoms in total. The fraction of sp³-hybridized carbons (Fsp3) is 0.933. The van der Waals surface area contributed by atoms with Crippen molar-refractivity contribution in [1.82, 2.24) is 14.1 Å². The Bertz CT molecular complexity index is 512. The first-order chi connectivity index (χ1) is 10.2. The summed E-state index contributed by atoms with van der Waals surface area (Å²) in [6, 6.07) is 0. The lowest BCUT2D eigenvalue weighted by molar-refractivity contribution is -0.128. The van der Waals surface area contributed by atoms with Gasteiger partial charge in [-0.05, 0) is 26.8 Å². The molecule has 1 unspecified atom stereocenters. The predicted molar refractivity (Wildman–Crippen MR) is 87.1 cm³/mol. The van der Waals surface area contributed by atoms with Crippen molar-refractivity contribution in [2.75, 3.05) is 40.8 Å². The Morgan fingerprint density at radius 1 is 1.14 bits per heavy atom. The van der Waals surface area contributed by atoms with Gasteiger partial charge in [0, 0.05) is 39.3 Å². The molecule has 1 saturated heterocycles. The normalized spacial score (nSPS) is 25.1. The Balaban J connectivity index is 2.32. The Morgan fingerprint density at radius 2 is 1.73 bits per heavy atom. The van der Waals surface area contributed by atoms with Gasteiger partial charge in [0.1, 0.15) is 0 Å². The number of rotatable bonds is 3. The van der Waals surface area contributed by atoms with Gasteiger partial charge in [-0.15, -0.1) is 0 Å². The monoisotopic (exact) mass is 331 g/mol. The number of carbonyl (C=O) groups is 1. The molecule has 0 aromatic heterocycles. The molecule has 0 bridgehead atoms. The second-order valence-corrected chi connectivity index (χ2v) is 9.19. The van der Waals surface area contributed by atoms with Crippen LogP contribution in [0.1, 0.15) is 39.0 Å². The Morgan fingerprint density at radius 3 is 2.27 bits per heavy atom. The van der Waals surface area contributed by atoms with Gasteiger partial charge in [-0.25, -0.2) is 8.42 Å². The van der Waals surface area contributed by atoms with E-state index in [0.717, 1.165) is 38.8 Å². The fourth-order valence-corrected chi connectivity index (χ4v) is 5.82. The Kier molecular flexibility index (Phi) is 5.19. The highest BCUT2D eigenvalue weighted by molar-refractivity contribution is 7.90. The molecule has 2 rings (SSSR count). The second-order valence-electron chi connectivity index (χ2n) is 7.01. The molecule has 7 heteroatoms. The van der Waals surface area contributed by atoms with Crippen LogP contribution in [-0.4, -0.2) is 80.0 Å². The minimum Gasteiger partial charge on any atom is -0.348 e. The van der Waals surface area contributed by atoms with Crippen LogP contribution in [0.25, 0.3) is 0 Å². The molecule has 0 aromatic carbocycles. The van der Waals surface area contributed by atoms with Crippen LogP contribution in [0.4, 0.5) is 0 Å². The quantitative estimate of drug-likeness (QED) is 0.765. The molecular weight excluding hydrogens is 302 g/mol. The number of amides is 1. The topological polar surface area (TPSA) is 60.9 Å². The van der Waals surface area contributed by atoms with Gasteiger partial charge in [0.2, 0.25) is 15.9 Å². The van der Waals surface area contributed by atoms with Crippen LogP contribution in [0.15, 0.2) is 0 Å². The number of likely N-dealkylation sites (N-methyl/N-ethyl adjacent to an activating group) is 1. The summed E-state index contributed by atoms with van der Waals surface area (Å²) in [5.41, 5.74) is -0.315. The molecule has 22 heavy (non-hydrogen) atoms. The van der Waals surface area contributed by atoms with Gasteiger partial charge in [0.25, 0.3) is 0 Å². The van der Waals surface area contributed by atoms with Crippen molar-refractivity contribution in [3.8, 4) is 0 Å². The van der Waals surface area contributed by atoms with E-state index >= 15 is 0 Å². The van der Waals surface area contributed by atoms with Crippen LogP contribution in [0, 0.1) is 0 Å². The van der Waals surface area contributed by atoms with Gasteiger partial charge in [-0.1, -0.05) is 19.3 Å². The maximum atomic E-state index is 13.1. The summed E-state index contributed by atoms with van der Waals surface area (Å²) in [7, 11) is 1.64. The van der Waals surface area contributed by atoms with Gasteiger partial charge >= 0.3 is 0 Å². The molecule has 1 aliphatic carbocycles. The third-order valence-corrected chi connectivity index (χ3v) is 7.38. The summed E-state index contributed by atoms with van der Waals surface area (Å²) in [5, 5.41) is -1.01. The number of carbonyl (C=O) groups excluding carboxylic acids is 1. The van der Waals surface area contributed by atoms with E-state index in [1.54, 1.807) is 18.4 Å². The van der Waals surface area contributed by atoms with Crippen LogP contribution in [0.2, 0.25) is 0 Å². The standard InChI is InChI=1S/C15H29N3O3S/c1-13(14(19)16(2)3)22(20,21)18-11-10-17(4)12-15(18)8-6-5-7-9-15/h13H,5-12H2,1-4H3. The lowest BCUT2D eigenvalue weighted by Crippen LogP contribution is -2.65. The van der Waals surface area contributed by atoms with Crippen molar-refractivity contribution >= 4 is 15.9 Å². The summed E-state index contributed by atoms with van der Waals surface area (Å²) in [4.78, 5) is 15.8. The van der Waals surface area contributed by atoms with E-state index in [9.17, 15) is 13.2 Å². The van der Waals surface area contributed by atoms with E-state index in [0.29, 0.717) is 6.54 Å². The molecule has 2 fully saturated rings. The lowest BCUT2D eigenvalue weighted by atomic mass is 9.80. The number of hydrogen-bond donors (Lipinski definition) is 0. The molecule has 1 spiro atoms. The van der Waals surface area contributed by atoms with Crippen LogP contribution in [0.3, 0.4) is 0 Å². The molecule has 0 radical (unpaired) electrons. The third-order valence-electron chi connectivity index (χ3n) is 5.10. The van der Waals surface area contributed by atoms with Gasteiger partial charge in [-0.3, -0.25) is 4.79 Å². The summed E-state index contributed by atoms with van der Waals surface area (Å²) in [6.45, 7) is 3.51. The Labute approximate surface area is 134 Å². The highest BCUT2D eigenvalue weighted by Gasteiger charge is 2.49. The van der Waals surface area contributed by atoms with Gasteiger partial charge in [0.05, 0.1) is 0 Å². The maximum absolute atomic E-state index is 13.1. The van der Waals surface area contributed by atoms with Crippen LogP contribution < -0.4 is 0 Å². The highest BCUT2D eigenvalue weighted by Crippen LogP contribution is 2.38. The third kappa shape index (κ3) is 3.16. The zero-order chi connectivity index (χ0) is 16.5. The minimum atomic E-state index is -3.62. The summed E-state index contributed by atoms with van der Waals surface area (Å²) < 4.78 is 27.8. The maximum Gasteiger partial charge on any atom is 0.241 e. The minimum absolute atomic E-state index is 0.315. The van der Waals surface area contributed by atoms with Crippen LogP contribution in [0.5, 0.6) is 0 Å². The lowest BCUT2D eigenvalue weighted by Gasteiger charge is -2.51. The molecule has 1 heterocycles. The van der Waals surface area contributed by atoms with Crippen LogP contribution in [-0.2, 0) is 14.8 Å². The first-order valence-electron chi connectivity index (χ1n) is 8.12. The number of piperazine rings is 1. The molecule has 1 aliphatic heterocycles. The Hall–Kier alpha value is -0.660. The first kappa shape index (κ1) is 17.7. The molecule has 2 aliphatic rings. The van der Waals surface area contributed by atoms with E-state index in [-0.39, 0.29) is 11.4 Å². The number of nitrogens with zero attached hydrogens (tertiary/aromatic N) is 3. The highest BCUT2D eigenvalue weighted by atomic mass is 32.2. The SMILES string of the molecule is CC(C(=O)N(C)C)S(=O)(=O)N1CCN(C)CC12CCCCC2. The van der Waals surface area contributed by atoms with Crippen molar-refractivity contribution < 1.29 is 13.2 Å². The number of sulfonamides is 1. The zero-order valence-corrected chi connectivity index (χ0v) is 15.0. The van der Waals surface area contributed by atoms with E-state index in [1.807, 2.05) is 0 Å². The predicted octanol–water partition coefficient (Wildman–Crippen LogP) is 0.743. The number of hydrogen-bond acceptors (Lipinski definition) is 4.